The van der Waals surface area contributed by atoms with Crippen molar-refractivity contribution in [2.75, 3.05) is 11.9 Å². The number of carbonyl (C=O) groups is 1. The normalized spacial score (nSPS) is 34.8. The standard InChI is InChI=1S/C18H27N3OS/c1-3-4-5-15(22)21(2)17-20-19-16(23-17)18-9-12-6-13(10-18)8-14(7-12)11-18/h12-14H,3-11H2,1-2H3. The molecule has 4 fully saturated rings. The van der Waals surface area contributed by atoms with E-state index in [1.807, 2.05) is 7.05 Å². The molecular weight excluding hydrogens is 306 g/mol. The molecule has 0 radical (unpaired) electrons. The maximum Gasteiger partial charge on any atom is 0.228 e. The average Bonchev–Trinajstić information content (AvgIpc) is 3.01. The van der Waals surface area contributed by atoms with Crippen LogP contribution in [0.3, 0.4) is 0 Å². The molecule has 4 bridgehead atoms. The van der Waals surface area contributed by atoms with Crippen molar-refractivity contribution >= 4 is 22.4 Å². The first-order valence-electron chi connectivity index (χ1n) is 9.20. The van der Waals surface area contributed by atoms with Gasteiger partial charge in [-0.25, -0.2) is 0 Å². The maximum absolute atomic E-state index is 12.2. The zero-order valence-electron chi connectivity index (χ0n) is 14.3. The van der Waals surface area contributed by atoms with Crippen LogP contribution >= 0.6 is 11.3 Å². The van der Waals surface area contributed by atoms with Crippen molar-refractivity contribution in [2.24, 2.45) is 17.8 Å². The minimum atomic E-state index is 0.167. The zero-order chi connectivity index (χ0) is 16.0. The molecule has 0 saturated heterocycles. The molecule has 0 atom stereocenters. The Morgan fingerprint density at radius 2 is 1.78 bits per heavy atom. The van der Waals surface area contributed by atoms with Gasteiger partial charge in [-0.3, -0.25) is 9.69 Å². The van der Waals surface area contributed by atoms with Crippen LogP contribution in [0.4, 0.5) is 5.13 Å². The second-order valence-corrected chi connectivity index (χ2v) is 9.10. The lowest BCUT2D eigenvalue weighted by Crippen LogP contribution is -2.48. The summed E-state index contributed by atoms with van der Waals surface area (Å²) in [6, 6.07) is 0. The van der Waals surface area contributed by atoms with Crippen molar-refractivity contribution in [1.29, 1.82) is 0 Å². The van der Waals surface area contributed by atoms with E-state index in [1.165, 1.54) is 43.5 Å². The second-order valence-electron chi connectivity index (χ2n) is 8.14. The van der Waals surface area contributed by atoms with Gasteiger partial charge in [0, 0.05) is 18.9 Å². The smallest absolute Gasteiger partial charge is 0.228 e. The highest BCUT2D eigenvalue weighted by Gasteiger charge is 2.53. The van der Waals surface area contributed by atoms with E-state index >= 15 is 0 Å². The number of hydrogen-bond acceptors (Lipinski definition) is 4. The fourth-order valence-corrected chi connectivity index (χ4v) is 6.58. The van der Waals surface area contributed by atoms with Gasteiger partial charge in [0.1, 0.15) is 5.01 Å². The summed E-state index contributed by atoms with van der Waals surface area (Å²) in [5.74, 6) is 2.91. The molecule has 0 N–H and O–H groups in total. The summed E-state index contributed by atoms with van der Waals surface area (Å²) in [5, 5.41) is 10.9. The van der Waals surface area contributed by atoms with Gasteiger partial charge >= 0.3 is 0 Å². The molecule has 5 heteroatoms. The molecule has 0 aromatic carbocycles. The van der Waals surface area contributed by atoms with Gasteiger partial charge in [-0.1, -0.05) is 24.7 Å². The fourth-order valence-electron chi connectivity index (χ4n) is 5.54. The van der Waals surface area contributed by atoms with Gasteiger partial charge in [-0.2, -0.15) is 0 Å². The summed E-state index contributed by atoms with van der Waals surface area (Å²) in [4.78, 5) is 13.9. The van der Waals surface area contributed by atoms with E-state index in [-0.39, 0.29) is 11.3 Å². The molecule has 0 aliphatic heterocycles. The highest BCUT2D eigenvalue weighted by molar-refractivity contribution is 7.15. The van der Waals surface area contributed by atoms with E-state index in [1.54, 1.807) is 16.2 Å². The van der Waals surface area contributed by atoms with Crippen LogP contribution in [0.25, 0.3) is 0 Å². The maximum atomic E-state index is 12.2. The van der Waals surface area contributed by atoms with Crippen molar-refractivity contribution in [3.8, 4) is 0 Å². The molecule has 4 nitrogen and oxygen atoms in total. The third-order valence-electron chi connectivity index (χ3n) is 6.31. The van der Waals surface area contributed by atoms with Gasteiger partial charge in [-0.15, -0.1) is 10.2 Å². The van der Waals surface area contributed by atoms with Crippen LogP contribution in [-0.4, -0.2) is 23.2 Å². The van der Waals surface area contributed by atoms with Gasteiger partial charge in [0.2, 0.25) is 11.0 Å². The average molecular weight is 334 g/mol. The minimum Gasteiger partial charge on any atom is -0.290 e. The van der Waals surface area contributed by atoms with E-state index in [0.29, 0.717) is 6.42 Å². The summed E-state index contributed by atoms with van der Waals surface area (Å²) in [6.07, 6.45) is 10.9. The first-order valence-corrected chi connectivity index (χ1v) is 10.0. The molecule has 0 unspecified atom stereocenters. The molecule has 126 valence electrons. The Morgan fingerprint density at radius 3 is 2.35 bits per heavy atom. The van der Waals surface area contributed by atoms with Gasteiger partial charge in [0.25, 0.3) is 0 Å². The van der Waals surface area contributed by atoms with E-state index in [9.17, 15) is 4.79 Å². The largest absolute Gasteiger partial charge is 0.290 e. The molecular formula is C18H27N3OS. The fraction of sp³-hybridized carbons (Fsp3) is 0.833. The quantitative estimate of drug-likeness (QED) is 0.813. The van der Waals surface area contributed by atoms with Crippen LogP contribution in [0.15, 0.2) is 0 Å². The monoisotopic (exact) mass is 333 g/mol. The van der Waals surface area contributed by atoms with Gasteiger partial charge < -0.3 is 0 Å². The molecule has 4 aliphatic rings. The Kier molecular flexibility index (Phi) is 3.94. The molecule has 5 rings (SSSR count). The first-order chi connectivity index (χ1) is 11.1. The predicted octanol–water partition coefficient (Wildman–Crippen LogP) is 4.16. The minimum absolute atomic E-state index is 0.167. The Morgan fingerprint density at radius 1 is 1.17 bits per heavy atom. The lowest BCUT2D eigenvalue weighted by atomic mass is 9.50. The molecule has 0 spiro atoms. The molecule has 1 heterocycles. The molecule has 1 aromatic heterocycles. The summed E-state index contributed by atoms with van der Waals surface area (Å²) in [5.41, 5.74) is 0.290. The van der Waals surface area contributed by atoms with E-state index in [2.05, 4.69) is 17.1 Å². The van der Waals surface area contributed by atoms with Crippen molar-refractivity contribution in [2.45, 2.75) is 70.1 Å². The van der Waals surface area contributed by atoms with Crippen molar-refractivity contribution < 1.29 is 4.79 Å². The Bertz CT molecular complexity index is 562. The Labute approximate surface area is 142 Å². The topological polar surface area (TPSA) is 46.1 Å². The molecule has 1 aromatic rings. The van der Waals surface area contributed by atoms with Gasteiger partial charge in [0.15, 0.2) is 0 Å². The number of nitrogens with zero attached hydrogens (tertiary/aromatic N) is 3. The number of rotatable bonds is 5. The number of carbonyl (C=O) groups excluding carboxylic acids is 1. The second kappa shape index (κ2) is 5.83. The number of hydrogen-bond donors (Lipinski definition) is 0. The number of anilines is 1. The molecule has 1 amide bonds. The first kappa shape index (κ1) is 15.6. The molecule has 4 aliphatic carbocycles. The van der Waals surface area contributed by atoms with Crippen LogP contribution in [0.2, 0.25) is 0 Å². The van der Waals surface area contributed by atoms with E-state index < -0.39 is 0 Å². The number of unbranched alkanes of at least 4 members (excludes halogenated alkanes) is 1. The van der Waals surface area contributed by atoms with E-state index in [0.717, 1.165) is 35.7 Å². The summed E-state index contributed by atoms with van der Waals surface area (Å²) < 4.78 is 0. The van der Waals surface area contributed by atoms with Crippen LogP contribution in [-0.2, 0) is 10.2 Å². The van der Waals surface area contributed by atoms with Gasteiger partial charge in [-0.05, 0) is 62.7 Å². The Balaban J connectivity index is 1.53. The summed E-state index contributed by atoms with van der Waals surface area (Å²) in [7, 11) is 1.85. The SMILES string of the molecule is CCCCC(=O)N(C)c1nnc(C23CC4CC(CC(C4)C2)C3)s1. The van der Waals surface area contributed by atoms with Crippen molar-refractivity contribution in [1.82, 2.24) is 10.2 Å². The third-order valence-corrected chi connectivity index (χ3v) is 7.56. The summed E-state index contributed by atoms with van der Waals surface area (Å²) >= 11 is 1.67. The predicted molar refractivity (Wildman–Crippen MR) is 92.7 cm³/mol. The number of amides is 1. The lowest BCUT2D eigenvalue weighted by Gasteiger charge is -2.55. The zero-order valence-corrected chi connectivity index (χ0v) is 15.1. The third kappa shape index (κ3) is 2.71. The highest BCUT2D eigenvalue weighted by atomic mass is 32.1. The van der Waals surface area contributed by atoms with Crippen LogP contribution in [0, 0.1) is 17.8 Å². The van der Waals surface area contributed by atoms with Crippen LogP contribution in [0.1, 0.15) is 69.7 Å². The van der Waals surface area contributed by atoms with Gasteiger partial charge in [0.05, 0.1) is 0 Å². The van der Waals surface area contributed by atoms with Crippen LogP contribution in [0.5, 0.6) is 0 Å². The lowest BCUT2D eigenvalue weighted by molar-refractivity contribution is -0.118. The molecule has 23 heavy (non-hydrogen) atoms. The highest BCUT2D eigenvalue weighted by Crippen LogP contribution is 2.61. The van der Waals surface area contributed by atoms with Crippen LogP contribution < -0.4 is 4.90 Å². The Hall–Kier alpha value is -0.970. The summed E-state index contributed by atoms with van der Waals surface area (Å²) in [6.45, 7) is 2.11. The number of aromatic nitrogens is 2. The van der Waals surface area contributed by atoms with Crippen molar-refractivity contribution in [3.63, 3.8) is 0 Å². The van der Waals surface area contributed by atoms with Crippen molar-refractivity contribution in [3.05, 3.63) is 5.01 Å². The molecule has 4 saturated carbocycles. The van der Waals surface area contributed by atoms with E-state index in [4.69, 9.17) is 0 Å².